The average Bonchev–Trinajstić information content (AvgIpc) is 3.50. The second-order valence-electron chi connectivity index (χ2n) is 9.26. The third-order valence-corrected chi connectivity index (χ3v) is 6.90. The molecule has 3 amide bonds. The second-order valence-corrected chi connectivity index (χ2v) is 9.26. The van der Waals surface area contributed by atoms with Crippen molar-refractivity contribution in [1.29, 1.82) is 0 Å². The monoisotopic (exact) mass is 441 g/mol. The first-order chi connectivity index (χ1) is 15.3. The van der Waals surface area contributed by atoms with Gasteiger partial charge < -0.3 is 20.3 Å². The fourth-order valence-electron chi connectivity index (χ4n) is 5.20. The summed E-state index contributed by atoms with van der Waals surface area (Å²) in [6, 6.07) is 5.79. The van der Waals surface area contributed by atoms with Crippen LogP contribution in [0.4, 0.5) is 0 Å². The molecule has 8 nitrogen and oxygen atoms in total. The number of nitrogens with one attached hydrogen (secondary N) is 2. The number of likely N-dealkylation sites (tertiary alicyclic amines) is 1. The van der Waals surface area contributed by atoms with E-state index in [1.807, 2.05) is 6.92 Å². The number of hydrogen-bond donors (Lipinski definition) is 2. The van der Waals surface area contributed by atoms with E-state index in [1.165, 1.54) is 6.92 Å². The van der Waals surface area contributed by atoms with Gasteiger partial charge in [0.15, 0.2) is 5.78 Å². The molecule has 1 aromatic rings. The Labute approximate surface area is 188 Å². The van der Waals surface area contributed by atoms with Crippen LogP contribution < -0.4 is 10.6 Å². The van der Waals surface area contributed by atoms with Crippen LogP contribution in [0.5, 0.6) is 0 Å². The number of benzene rings is 1. The highest BCUT2D eigenvalue weighted by Crippen LogP contribution is 2.34. The minimum Gasteiger partial charge on any atom is -0.367 e. The minimum atomic E-state index is -0.650. The molecule has 0 radical (unpaired) electrons. The van der Waals surface area contributed by atoms with Gasteiger partial charge in [0.25, 0.3) is 5.91 Å². The van der Waals surface area contributed by atoms with E-state index in [-0.39, 0.29) is 48.1 Å². The predicted octanol–water partition coefficient (Wildman–Crippen LogP) is 1.43. The van der Waals surface area contributed by atoms with E-state index in [2.05, 4.69) is 10.6 Å². The Balaban J connectivity index is 1.48. The Morgan fingerprint density at radius 1 is 1.16 bits per heavy atom. The highest BCUT2D eigenvalue weighted by atomic mass is 16.5. The molecular formula is C24H31N3O5. The third kappa shape index (κ3) is 4.55. The van der Waals surface area contributed by atoms with Crippen molar-refractivity contribution in [2.45, 2.75) is 64.3 Å². The van der Waals surface area contributed by atoms with Crippen molar-refractivity contribution < 1.29 is 23.9 Å². The van der Waals surface area contributed by atoms with Crippen LogP contribution in [0.3, 0.4) is 0 Å². The molecule has 2 heterocycles. The van der Waals surface area contributed by atoms with Crippen LogP contribution in [-0.2, 0) is 25.7 Å². The molecule has 3 fully saturated rings. The Hall–Kier alpha value is -2.74. The van der Waals surface area contributed by atoms with Crippen molar-refractivity contribution in [3.8, 4) is 0 Å². The van der Waals surface area contributed by atoms with E-state index in [4.69, 9.17) is 4.74 Å². The molecule has 2 saturated heterocycles. The Kier molecular flexibility index (Phi) is 6.60. The lowest BCUT2D eigenvalue weighted by molar-refractivity contribution is -0.139. The third-order valence-electron chi connectivity index (χ3n) is 6.90. The van der Waals surface area contributed by atoms with Gasteiger partial charge in [-0.15, -0.1) is 0 Å². The molecule has 32 heavy (non-hydrogen) atoms. The van der Waals surface area contributed by atoms with Crippen LogP contribution in [0, 0.1) is 11.8 Å². The Morgan fingerprint density at radius 2 is 1.84 bits per heavy atom. The lowest BCUT2D eigenvalue weighted by Crippen LogP contribution is -2.54. The largest absolute Gasteiger partial charge is 0.367 e. The van der Waals surface area contributed by atoms with Gasteiger partial charge in [0.05, 0.1) is 6.10 Å². The van der Waals surface area contributed by atoms with Gasteiger partial charge in [-0.3, -0.25) is 19.2 Å². The van der Waals surface area contributed by atoms with Gasteiger partial charge in [0, 0.05) is 31.5 Å². The molecule has 1 saturated carbocycles. The predicted molar refractivity (Wildman–Crippen MR) is 117 cm³/mol. The number of carbonyl (C=O) groups excluding carboxylic acids is 4. The number of ether oxygens (including phenoxy) is 1. The summed E-state index contributed by atoms with van der Waals surface area (Å²) < 4.78 is 5.63. The summed E-state index contributed by atoms with van der Waals surface area (Å²) >= 11 is 0. The zero-order valence-corrected chi connectivity index (χ0v) is 18.6. The van der Waals surface area contributed by atoms with Gasteiger partial charge in [-0.1, -0.05) is 31.9 Å². The number of carbonyl (C=O) groups is 4. The lowest BCUT2D eigenvalue weighted by Gasteiger charge is -2.30. The molecule has 0 unspecified atom stereocenters. The summed E-state index contributed by atoms with van der Waals surface area (Å²) in [6.45, 7) is 4.36. The molecule has 1 aromatic carbocycles. The van der Waals surface area contributed by atoms with E-state index >= 15 is 0 Å². The van der Waals surface area contributed by atoms with Gasteiger partial charge in [0.1, 0.15) is 18.7 Å². The first-order valence-corrected chi connectivity index (χ1v) is 11.4. The summed E-state index contributed by atoms with van der Waals surface area (Å²) in [4.78, 5) is 51.7. The number of rotatable bonds is 6. The van der Waals surface area contributed by atoms with Crippen molar-refractivity contribution >= 4 is 23.5 Å². The van der Waals surface area contributed by atoms with Crippen molar-refractivity contribution in [3.63, 3.8) is 0 Å². The fourth-order valence-corrected chi connectivity index (χ4v) is 5.20. The molecule has 1 aliphatic carbocycles. The van der Waals surface area contributed by atoms with Crippen molar-refractivity contribution in [2.24, 2.45) is 11.8 Å². The van der Waals surface area contributed by atoms with Crippen LogP contribution in [-0.4, -0.2) is 59.7 Å². The van der Waals surface area contributed by atoms with Gasteiger partial charge in [0.2, 0.25) is 11.8 Å². The van der Waals surface area contributed by atoms with E-state index < -0.39 is 12.1 Å². The molecular weight excluding hydrogens is 410 g/mol. The van der Waals surface area contributed by atoms with Crippen LogP contribution in [0.25, 0.3) is 0 Å². The lowest BCUT2D eigenvalue weighted by atomic mass is 9.95. The highest BCUT2D eigenvalue weighted by Gasteiger charge is 2.52. The van der Waals surface area contributed by atoms with Crippen LogP contribution in [0.1, 0.15) is 55.5 Å². The summed E-state index contributed by atoms with van der Waals surface area (Å²) in [6.07, 6.45) is 3.59. The quantitative estimate of drug-likeness (QED) is 0.695. The molecule has 172 valence electrons. The number of ketones is 1. The first-order valence-electron chi connectivity index (χ1n) is 11.4. The molecule has 8 heteroatoms. The van der Waals surface area contributed by atoms with Gasteiger partial charge >= 0.3 is 0 Å². The van der Waals surface area contributed by atoms with Crippen molar-refractivity contribution in [3.05, 3.63) is 35.4 Å². The van der Waals surface area contributed by atoms with Gasteiger partial charge in [-0.05, 0) is 36.5 Å². The fraction of sp³-hybridized carbons (Fsp3) is 0.583. The molecule has 0 aromatic heterocycles. The number of fused-ring (bicyclic) bond motifs is 1. The standard InChI is InChI=1S/C24H31N3O5/c1-14-12-27(21-19(29)13-32-22(14)21)24(31)20(17-5-3-4-6-17)26-23(30)18-9-7-16(8-10-18)11-25-15(2)28/h7-10,14,17,20-22H,3-6,11-13H2,1-2H3,(H,25,28)(H,26,30)/t14-,20-,21+,22+/m0/s1. The molecule has 4 rings (SSSR count). The van der Waals surface area contributed by atoms with Crippen LogP contribution in [0.15, 0.2) is 24.3 Å². The maximum atomic E-state index is 13.6. The summed E-state index contributed by atoms with van der Waals surface area (Å²) in [7, 11) is 0. The average molecular weight is 442 g/mol. The second kappa shape index (κ2) is 9.40. The topological polar surface area (TPSA) is 105 Å². The SMILES string of the molecule is CC(=O)NCc1ccc(C(=O)N[C@H](C(=O)N2C[C@H](C)[C@H]3OCC(=O)[C@H]32)C2CCCC2)cc1. The van der Waals surface area contributed by atoms with E-state index in [0.717, 1.165) is 31.2 Å². The van der Waals surface area contributed by atoms with Crippen LogP contribution >= 0.6 is 0 Å². The zero-order valence-electron chi connectivity index (χ0n) is 18.6. The Morgan fingerprint density at radius 3 is 2.50 bits per heavy atom. The molecule has 2 aliphatic heterocycles. The number of hydrogen-bond acceptors (Lipinski definition) is 5. The zero-order chi connectivity index (χ0) is 22.8. The van der Waals surface area contributed by atoms with Gasteiger partial charge in [-0.2, -0.15) is 0 Å². The highest BCUT2D eigenvalue weighted by molar-refractivity contribution is 5.99. The molecule has 4 atom stereocenters. The Bertz CT molecular complexity index is 893. The maximum absolute atomic E-state index is 13.6. The molecule has 3 aliphatic rings. The summed E-state index contributed by atoms with van der Waals surface area (Å²) in [5, 5.41) is 5.70. The van der Waals surface area contributed by atoms with Crippen molar-refractivity contribution in [1.82, 2.24) is 15.5 Å². The number of amides is 3. The van der Waals surface area contributed by atoms with E-state index in [1.54, 1.807) is 29.2 Å². The number of Topliss-reactive ketones (excluding diaryl/α,β-unsaturated/α-hetero) is 1. The maximum Gasteiger partial charge on any atom is 0.251 e. The van der Waals surface area contributed by atoms with Gasteiger partial charge in [-0.25, -0.2) is 0 Å². The van der Waals surface area contributed by atoms with E-state index in [9.17, 15) is 19.2 Å². The van der Waals surface area contributed by atoms with Crippen molar-refractivity contribution in [2.75, 3.05) is 13.2 Å². The first kappa shape index (κ1) is 22.5. The summed E-state index contributed by atoms with van der Waals surface area (Å²) in [5.41, 5.74) is 1.34. The molecule has 2 N–H and O–H groups in total. The van der Waals surface area contributed by atoms with Crippen LogP contribution in [0.2, 0.25) is 0 Å². The molecule has 0 bridgehead atoms. The smallest absolute Gasteiger partial charge is 0.251 e. The normalized spacial score (nSPS) is 26.1. The van der Waals surface area contributed by atoms with E-state index in [0.29, 0.717) is 18.7 Å². The number of nitrogens with zero attached hydrogens (tertiary/aromatic N) is 1. The minimum absolute atomic E-state index is 0.0503. The molecule has 0 spiro atoms. The summed E-state index contributed by atoms with van der Waals surface area (Å²) in [5.74, 6) is -0.498.